The van der Waals surface area contributed by atoms with Crippen LogP contribution in [0.25, 0.3) is 0 Å². The molecule has 2 aliphatic heterocycles. The molecule has 1 N–H and O–H groups in total. The van der Waals surface area contributed by atoms with E-state index < -0.39 is 0 Å². The maximum Gasteiger partial charge on any atom is 0.225 e. The first-order valence-corrected chi connectivity index (χ1v) is 8.45. The first-order valence-electron chi connectivity index (χ1n) is 8.45. The highest BCUT2D eigenvalue weighted by Gasteiger charge is 2.28. The van der Waals surface area contributed by atoms with Gasteiger partial charge >= 0.3 is 0 Å². The Bertz CT molecular complexity index is 491. The zero-order chi connectivity index (χ0) is 14.1. The molecule has 0 bridgehead atoms. The van der Waals surface area contributed by atoms with E-state index in [2.05, 4.69) is 26.3 Å². The number of piperazine rings is 1. The lowest BCUT2D eigenvalue weighted by molar-refractivity contribution is 0.120. The molecule has 0 aromatic carbocycles. The molecule has 114 valence electrons. The molecule has 1 saturated heterocycles. The highest BCUT2D eigenvalue weighted by Crippen LogP contribution is 2.26. The monoisotopic (exact) mass is 287 g/mol. The van der Waals surface area contributed by atoms with E-state index >= 15 is 0 Å². The van der Waals surface area contributed by atoms with Crippen LogP contribution >= 0.6 is 0 Å². The number of nitrogens with zero attached hydrogens (tertiary/aromatic N) is 4. The number of aromatic nitrogens is 2. The van der Waals surface area contributed by atoms with Gasteiger partial charge in [-0.3, -0.25) is 4.90 Å². The number of rotatable bonds is 2. The summed E-state index contributed by atoms with van der Waals surface area (Å²) >= 11 is 0. The van der Waals surface area contributed by atoms with Gasteiger partial charge in [0.15, 0.2) is 0 Å². The second-order valence-electron chi connectivity index (χ2n) is 6.50. The van der Waals surface area contributed by atoms with Gasteiger partial charge in [-0.2, -0.15) is 0 Å². The number of anilines is 1. The molecule has 1 saturated carbocycles. The Balaban J connectivity index is 1.43. The van der Waals surface area contributed by atoms with Crippen LogP contribution in [0.5, 0.6) is 0 Å². The van der Waals surface area contributed by atoms with Crippen LogP contribution in [0.15, 0.2) is 6.20 Å². The smallest absolute Gasteiger partial charge is 0.225 e. The van der Waals surface area contributed by atoms with Crippen LogP contribution in [0.3, 0.4) is 0 Å². The van der Waals surface area contributed by atoms with Gasteiger partial charge in [-0.15, -0.1) is 0 Å². The predicted octanol–water partition coefficient (Wildman–Crippen LogP) is 0.839. The molecule has 0 atom stereocenters. The summed E-state index contributed by atoms with van der Waals surface area (Å²) in [6.45, 7) is 6.59. The minimum Gasteiger partial charge on any atom is -0.338 e. The lowest BCUT2D eigenvalue weighted by atomic mass is 9.91. The van der Waals surface area contributed by atoms with E-state index in [0.717, 1.165) is 51.0 Å². The van der Waals surface area contributed by atoms with E-state index in [0.29, 0.717) is 0 Å². The molecular formula is C16H25N5. The lowest BCUT2D eigenvalue weighted by Gasteiger charge is -2.43. The molecule has 3 aliphatic rings. The molecule has 0 radical (unpaired) electrons. The van der Waals surface area contributed by atoms with Crippen LogP contribution in [0, 0.1) is 0 Å². The molecule has 3 heterocycles. The van der Waals surface area contributed by atoms with Crippen molar-refractivity contribution in [2.45, 2.75) is 38.1 Å². The summed E-state index contributed by atoms with van der Waals surface area (Å²) in [5, 5.41) is 3.44. The predicted molar refractivity (Wildman–Crippen MR) is 83.7 cm³/mol. The normalized spacial score (nSPS) is 24.3. The second-order valence-corrected chi connectivity index (χ2v) is 6.50. The summed E-state index contributed by atoms with van der Waals surface area (Å²) in [5.41, 5.74) is 2.59. The zero-order valence-corrected chi connectivity index (χ0v) is 12.7. The van der Waals surface area contributed by atoms with Gasteiger partial charge in [-0.25, -0.2) is 9.97 Å². The third-order valence-corrected chi connectivity index (χ3v) is 5.24. The Labute approximate surface area is 126 Å². The van der Waals surface area contributed by atoms with Gasteiger partial charge in [0, 0.05) is 51.4 Å². The molecule has 5 heteroatoms. The Morgan fingerprint density at radius 2 is 1.86 bits per heavy atom. The topological polar surface area (TPSA) is 44.3 Å². The number of fused-ring (bicyclic) bond motifs is 1. The summed E-state index contributed by atoms with van der Waals surface area (Å²) in [6, 6.07) is 0.867. The van der Waals surface area contributed by atoms with E-state index in [-0.39, 0.29) is 0 Å². The van der Waals surface area contributed by atoms with Crippen molar-refractivity contribution in [3.8, 4) is 0 Å². The molecule has 0 unspecified atom stereocenters. The molecule has 0 spiro atoms. The van der Waals surface area contributed by atoms with Gasteiger partial charge in [0.05, 0.1) is 5.69 Å². The van der Waals surface area contributed by atoms with E-state index in [4.69, 9.17) is 4.98 Å². The standard InChI is InChI=1S/C16H25N5/c1-2-14(3-1)20-8-10-21(11-9-20)16-18-12-13-4-6-17-7-5-15(13)19-16/h12,14,17H,1-11H2. The minimum absolute atomic E-state index is 0.867. The molecule has 21 heavy (non-hydrogen) atoms. The number of hydrogen-bond donors (Lipinski definition) is 1. The molecular weight excluding hydrogens is 262 g/mol. The van der Waals surface area contributed by atoms with Crippen LogP contribution in [0.2, 0.25) is 0 Å². The molecule has 1 aromatic rings. The highest BCUT2D eigenvalue weighted by atomic mass is 15.3. The largest absolute Gasteiger partial charge is 0.338 e. The summed E-state index contributed by atoms with van der Waals surface area (Å²) in [4.78, 5) is 14.5. The summed E-state index contributed by atoms with van der Waals surface area (Å²) in [7, 11) is 0. The van der Waals surface area contributed by atoms with E-state index in [9.17, 15) is 0 Å². The van der Waals surface area contributed by atoms with Crippen molar-refractivity contribution < 1.29 is 0 Å². The average molecular weight is 287 g/mol. The Morgan fingerprint density at radius 1 is 1.05 bits per heavy atom. The fourth-order valence-corrected chi connectivity index (χ4v) is 3.60. The Kier molecular flexibility index (Phi) is 3.78. The molecule has 1 aliphatic carbocycles. The minimum atomic E-state index is 0.867. The van der Waals surface area contributed by atoms with Gasteiger partial charge in [-0.05, 0) is 31.4 Å². The Hall–Kier alpha value is -1.20. The zero-order valence-electron chi connectivity index (χ0n) is 12.7. The summed E-state index contributed by atoms with van der Waals surface area (Å²) in [5.74, 6) is 0.948. The van der Waals surface area contributed by atoms with Crippen molar-refractivity contribution in [3.63, 3.8) is 0 Å². The van der Waals surface area contributed by atoms with Gasteiger partial charge < -0.3 is 10.2 Å². The van der Waals surface area contributed by atoms with E-state index in [1.807, 2.05) is 0 Å². The first kappa shape index (κ1) is 13.5. The van der Waals surface area contributed by atoms with Crippen molar-refractivity contribution >= 4 is 5.95 Å². The van der Waals surface area contributed by atoms with Gasteiger partial charge in [0.25, 0.3) is 0 Å². The third kappa shape index (κ3) is 2.77. The molecule has 4 rings (SSSR count). The van der Waals surface area contributed by atoms with E-state index in [1.165, 1.54) is 43.6 Å². The average Bonchev–Trinajstić information content (AvgIpc) is 2.71. The highest BCUT2D eigenvalue weighted by molar-refractivity contribution is 5.34. The summed E-state index contributed by atoms with van der Waals surface area (Å²) < 4.78 is 0. The fourth-order valence-electron chi connectivity index (χ4n) is 3.60. The van der Waals surface area contributed by atoms with Gasteiger partial charge in [0.2, 0.25) is 5.95 Å². The first-order chi connectivity index (χ1) is 10.4. The number of nitrogens with one attached hydrogen (secondary N) is 1. The maximum atomic E-state index is 4.86. The van der Waals surface area contributed by atoms with Crippen molar-refractivity contribution in [1.82, 2.24) is 20.2 Å². The van der Waals surface area contributed by atoms with Crippen molar-refractivity contribution in [2.24, 2.45) is 0 Å². The molecule has 0 amide bonds. The van der Waals surface area contributed by atoms with Crippen molar-refractivity contribution in [3.05, 3.63) is 17.5 Å². The molecule has 1 aromatic heterocycles. The third-order valence-electron chi connectivity index (χ3n) is 5.24. The van der Waals surface area contributed by atoms with Crippen molar-refractivity contribution in [2.75, 3.05) is 44.2 Å². The van der Waals surface area contributed by atoms with Crippen LogP contribution in [0.1, 0.15) is 30.5 Å². The second kappa shape index (κ2) is 5.89. The van der Waals surface area contributed by atoms with Gasteiger partial charge in [0.1, 0.15) is 0 Å². The summed E-state index contributed by atoms with van der Waals surface area (Å²) in [6.07, 6.45) is 8.39. The van der Waals surface area contributed by atoms with Crippen LogP contribution in [0.4, 0.5) is 5.95 Å². The van der Waals surface area contributed by atoms with E-state index in [1.54, 1.807) is 0 Å². The quantitative estimate of drug-likeness (QED) is 0.873. The fraction of sp³-hybridized carbons (Fsp3) is 0.750. The molecule has 2 fully saturated rings. The van der Waals surface area contributed by atoms with Crippen molar-refractivity contribution in [1.29, 1.82) is 0 Å². The van der Waals surface area contributed by atoms with Crippen LogP contribution in [-0.4, -0.2) is 60.2 Å². The van der Waals surface area contributed by atoms with Crippen LogP contribution in [-0.2, 0) is 12.8 Å². The lowest BCUT2D eigenvalue weighted by Crippen LogP contribution is -2.52. The molecule has 5 nitrogen and oxygen atoms in total. The SMILES string of the molecule is c1nc(N2CCN(C3CCC3)CC2)nc2c1CCNCC2. The van der Waals surface area contributed by atoms with Crippen LogP contribution < -0.4 is 10.2 Å². The number of hydrogen-bond acceptors (Lipinski definition) is 5. The Morgan fingerprint density at radius 3 is 2.62 bits per heavy atom. The maximum absolute atomic E-state index is 4.86. The van der Waals surface area contributed by atoms with Gasteiger partial charge in [-0.1, -0.05) is 6.42 Å².